The molecule has 0 aromatic heterocycles. The number of carbonyl (C=O) groups excluding carboxylic acids is 2. The van der Waals surface area contributed by atoms with E-state index in [9.17, 15) is 28.9 Å². The van der Waals surface area contributed by atoms with Crippen LogP contribution in [0.1, 0.15) is 42.6 Å². The van der Waals surface area contributed by atoms with Gasteiger partial charge in [0.2, 0.25) is 0 Å². The van der Waals surface area contributed by atoms with Gasteiger partial charge in [-0.1, -0.05) is 48.5 Å². The van der Waals surface area contributed by atoms with Gasteiger partial charge in [-0.15, -0.1) is 0 Å². The largest absolute Gasteiger partial charge is 0.521 e. The molecule has 10 heteroatoms. The SMILES string of the molecule is C[C@H](OP(=O)(O)CC(Cc1ccccc1)NC(=O)c1ccccc1)C(=O)[N+]1(C(=O)O)CCC[C@H]1C. The first-order valence-corrected chi connectivity index (χ1v) is 13.4. The number of hydrogen-bond acceptors (Lipinski definition) is 5. The van der Waals surface area contributed by atoms with Crippen molar-refractivity contribution >= 4 is 25.5 Å². The fraction of sp³-hybridized carbons (Fsp3) is 0.400. The normalized spacial score (nSPS) is 23.1. The van der Waals surface area contributed by atoms with Crippen molar-refractivity contribution in [3.8, 4) is 0 Å². The van der Waals surface area contributed by atoms with Crippen LogP contribution in [0, 0.1) is 0 Å². The average molecular weight is 504 g/mol. The van der Waals surface area contributed by atoms with Crippen LogP contribution < -0.4 is 5.32 Å². The Morgan fingerprint density at radius 1 is 1.11 bits per heavy atom. The summed E-state index contributed by atoms with van der Waals surface area (Å²) in [5, 5.41) is 12.6. The summed E-state index contributed by atoms with van der Waals surface area (Å²) in [5.41, 5.74) is 1.25. The third kappa shape index (κ3) is 6.44. The summed E-state index contributed by atoms with van der Waals surface area (Å²) in [6.45, 7) is 3.09. The number of rotatable bonds is 9. The molecular weight excluding hydrogens is 471 g/mol. The minimum Gasteiger partial charge on any atom is -0.435 e. The summed E-state index contributed by atoms with van der Waals surface area (Å²) in [4.78, 5) is 48.5. The Bertz CT molecular complexity index is 1100. The number of likely N-dealkylation sites (tertiary alicyclic amines) is 1. The molecule has 2 aromatic carbocycles. The summed E-state index contributed by atoms with van der Waals surface area (Å²) in [7, 11) is -4.40. The van der Waals surface area contributed by atoms with Crippen LogP contribution in [0.25, 0.3) is 0 Å². The van der Waals surface area contributed by atoms with Gasteiger partial charge in [0.05, 0.1) is 12.7 Å². The van der Waals surface area contributed by atoms with E-state index in [1.54, 1.807) is 37.3 Å². The Kier molecular flexibility index (Phi) is 8.61. The van der Waals surface area contributed by atoms with E-state index in [2.05, 4.69) is 5.32 Å². The second-order valence-corrected chi connectivity index (χ2v) is 10.8. The van der Waals surface area contributed by atoms with Gasteiger partial charge in [0.15, 0.2) is 6.10 Å². The molecule has 1 heterocycles. The topological polar surface area (TPSA) is 130 Å². The predicted molar refractivity (Wildman–Crippen MR) is 130 cm³/mol. The van der Waals surface area contributed by atoms with Crippen LogP contribution in [0.2, 0.25) is 0 Å². The molecule has 2 aromatic rings. The molecule has 1 aliphatic rings. The molecule has 3 N–H and O–H groups in total. The van der Waals surface area contributed by atoms with Crippen LogP contribution in [0.4, 0.5) is 4.79 Å². The van der Waals surface area contributed by atoms with Gasteiger partial charge in [0, 0.05) is 24.4 Å². The van der Waals surface area contributed by atoms with Crippen molar-refractivity contribution in [3.63, 3.8) is 0 Å². The molecule has 1 fully saturated rings. The summed E-state index contributed by atoms with van der Waals surface area (Å²) < 4.78 is 17.6. The molecule has 1 aliphatic heterocycles. The van der Waals surface area contributed by atoms with Crippen molar-refractivity contribution in [3.05, 3.63) is 71.8 Å². The van der Waals surface area contributed by atoms with E-state index in [1.165, 1.54) is 6.92 Å². The van der Waals surface area contributed by atoms with Crippen LogP contribution in [0.5, 0.6) is 0 Å². The lowest BCUT2D eigenvalue weighted by Gasteiger charge is -2.32. The molecule has 35 heavy (non-hydrogen) atoms. The third-order valence-electron chi connectivity index (χ3n) is 6.44. The van der Waals surface area contributed by atoms with Crippen molar-refractivity contribution in [1.29, 1.82) is 0 Å². The fourth-order valence-corrected chi connectivity index (χ4v) is 6.09. The highest BCUT2D eigenvalue weighted by Gasteiger charge is 2.55. The second-order valence-electron chi connectivity index (χ2n) is 9.00. The number of quaternary nitrogens is 1. The molecule has 3 unspecified atom stereocenters. The first-order valence-electron chi connectivity index (χ1n) is 11.6. The summed E-state index contributed by atoms with van der Waals surface area (Å²) in [6, 6.07) is 16.4. The fourth-order valence-electron chi connectivity index (χ4n) is 4.64. The highest BCUT2D eigenvalue weighted by molar-refractivity contribution is 7.52. The molecule has 5 atom stereocenters. The molecule has 9 nitrogen and oxygen atoms in total. The molecule has 188 valence electrons. The quantitative estimate of drug-likeness (QED) is 0.350. The number of nitrogens with one attached hydrogen (secondary N) is 1. The summed E-state index contributed by atoms with van der Waals surface area (Å²) in [5.74, 6) is -1.17. The maximum Gasteiger partial charge on any atom is 0.521 e. The maximum atomic E-state index is 13.1. The zero-order chi connectivity index (χ0) is 25.6. The van der Waals surface area contributed by atoms with Crippen molar-refractivity contribution < 1.29 is 38.0 Å². The third-order valence-corrected chi connectivity index (χ3v) is 7.99. The Morgan fingerprint density at radius 2 is 1.71 bits per heavy atom. The minimum absolute atomic E-state index is 0.114. The molecule has 1 saturated heterocycles. The number of carboxylic acid groups (broad SMARTS) is 1. The Labute approximate surface area is 204 Å². The number of imide groups is 1. The van der Waals surface area contributed by atoms with Crippen molar-refractivity contribution in [2.24, 2.45) is 0 Å². The van der Waals surface area contributed by atoms with E-state index in [4.69, 9.17) is 4.52 Å². The lowest BCUT2D eigenvalue weighted by Crippen LogP contribution is -2.61. The number of nitrogens with zero attached hydrogens (tertiary/aromatic N) is 1. The van der Waals surface area contributed by atoms with Gasteiger partial charge in [-0.2, -0.15) is 9.28 Å². The first-order chi connectivity index (χ1) is 16.5. The standard InChI is InChI=1S/C25H31N2O7P/c1-18-10-9-15-27(18,25(30)31)24(29)19(2)34-35(32,33)17-22(16-20-11-5-3-6-12-20)26-23(28)21-13-7-4-8-14-21/h3-8,11-14,18-19,22H,9-10,15-17H2,1-2H3,(H2-,26,28,30,31,32,33)/p+1/t18-,19+,22?,27?/m1/s1. The summed E-state index contributed by atoms with van der Waals surface area (Å²) >= 11 is 0. The second kappa shape index (κ2) is 11.3. The van der Waals surface area contributed by atoms with Crippen molar-refractivity contribution in [1.82, 2.24) is 5.32 Å². The van der Waals surface area contributed by atoms with Gasteiger partial charge < -0.3 is 15.3 Å². The zero-order valence-corrected chi connectivity index (χ0v) is 20.8. The number of benzene rings is 2. The Balaban J connectivity index is 1.76. The number of carbonyl (C=O) groups is 3. The molecule has 0 aliphatic carbocycles. The van der Waals surface area contributed by atoms with Gasteiger partial charge in [-0.25, -0.2) is 4.79 Å². The van der Waals surface area contributed by atoms with E-state index < -0.39 is 54.3 Å². The Hall–Kier alpha value is -2.84. The van der Waals surface area contributed by atoms with E-state index in [0.29, 0.717) is 18.4 Å². The highest BCUT2D eigenvalue weighted by Crippen LogP contribution is 2.45. The average Bonchev–Trinajstić information content (AvgIpc) is 3.21. The molecule has 3 rings (SSSR count). The molecule has 0 radical (unpaired) electrons. The van der Waals surface area contributed by atoms with Gasteiger partial charge >= 0.3 is 19.6 Å². The lowest BCUT2D eigenvalue weighted by atomic mass is 10.1. The van der Waals surface area contributed by atoms with Gasteiger partial charge in [-0.3, -0.25) is 13.9 Å². The van der Waals surface area contributed by atoms with Crippen molar-refractivity contribution in [2.45, 2.75) is 51.3 Å². The van der Waals surface area contributed by atoms with Crippen LogP contribution in [0.3, 0.4) is 0 Å². The molecular formula is C25H32N2O7P+. The lowest BCUT2D eigenvalue weighted by molar-refractivity contribution is -0.793. The van der Waals surface area contributed by atoms with Crippen LogP contribution in [0.15, 0.2) is 60.7 Å². The van der Waals surface area contributed by atoms with E-state index in [0.717, 1.165) is 5.56 Å². The van der Waals surface area contributed by atoms with Crippen LogP contribution >= 0.6 is 7.60 Å². The zero-order valence-electron chi connectivity index (χ0n) is 19.9. The van der Waals surface area contributed by atoms with Crippen LogP contribution in [-0.2, 0) is 20.3 Å². The van der Waals surface area contributed by atoms with Gasteiger partial charge in [-0.05, 0) is 38.0 Å². The van der Waals surface area contributed by atoms with Crippen LogP contribution in [-0.4, -0.2) is 63.3 Å². The maximum absolute atomic E-state index is 13.1. The monoisotopic (exact) mass is 503 g/mol. The van der Waals surface area contributed by atoms with Gasteiger partial charge in [0.1, 0.15) is 6.04 Å². The summed E-state index contributed by atoms with van der Waals surface area (Å²) in [6.07, 6.45) is -1.76. The first kappa shape index (κ1) is 26.8. The predicted octanol–water partition coefficient (Wildman–Crippen LogP) is 3.82. The number of amides is 3. The minimum atomic E-state index is -4.40. The van der Waals surface area contributed by atoms with E-state index in [-0.39, 0.29) is 13.0 Å². The van der Waals surface area contributed by atoms with E-state index >= 15 is 0 Å². The molecule has 0 bridgehead atoms. The van der Waals surface area contributed by atoms with Crippen molar-refractivity contribution in [2.75, 3.05) is 12.7 Å². The molecule has 0 saturated carbocycles. The molecule has 3 amide bonds. The highest BCUT2D eigenvalue weighted by atomic mass is 31.2. The smallest absolute Gasteiger partial charge is 0.435 e. The number of hydrogen-bond donors (Lipinski definition) is 3. The molecule has 0 spiro atoms. The Morgan fingerprint density at radius 3 is 2.26 bits per heavy atom. The van der Waals surface area contributed by atoms with Gasteiger partial charge in [0.25, 0.3) is 5.91 Å². The van der Waals surface area contributed by atoms with E-state index in [1.807, 2.05) is 30.3 Å².